The van der Waals surface area contributed by atoms with E-state index in [0.29, 0.717) is 65.4 Å². The summed E-state index contributed by atoms with van der Waals surface area (Å²) in [5, 5.41) is 43.8. The molecule has 4 aromatic carbocycles. The molecule has 1 saturated heterocycles. The normalized spacial score (nSPS) is 13.4. The third-order valence-corrected chi connectivity index (χ3v) is 18.1. The number of rotatable bonds is 10. The molecular weight excluding hydrogens is 1410 g/mol. The van der Waals surface area contributed by atoms with Crippen LogP contribution in [0.1, 0.15) is 147 Å². The number of hydrogen-bond acceptors (Lipinski definition) is 12. The number of nitrogens with zero attached hydrogens (tertiary/aromatic N) is 6. The maximum Gasteiger partial charge on any atom is 0.514 e. The van der Waals surface area contributed by atoms with E-state index < -0.39 is 25.1 Å². The SMILES string of the molecule is CC1=CC(C)=C(CNC(=O)c2cc(Cl)cc(-c3c(C)cnn3C)c2C)C(=O)C1.Cc1c(Br)cc(Cl)cc1C(=O)O.Cc1cc(C)c(CN)c(=O)[nH]1.Cc1ccc(Cl)cc1C(=O)O.Cc1cnn(C)c1-c1cc(Cl)cc(C(=O)O)c1C.Cc1cnn(C)c1B1OC(C)(C)C(C)(C)O1.[2H]CF. The number of aryl methyl sites for hydroxylation is 9. The Balaban J connectivity index is 0.000000259. The number of halogens is 6. The molecular formula is C71H84BBrCl4FN9O11. The summed E-state index contributed by atoms with van der Waals surface area (Å²) in [6.45, 7) is 29.4. The third kappa shape index (κ3) is 21.0. The van der Waals surface area contributed by atoms with Crippen molar-refractivity contribution in [1.82, 2.24) is 39.6 Å². The van der Waals surface area contributed by atoms with Crippen molar-refractivity contribution < 1.29 is 54.4 Å². The second-order valence-electron chi connectivity index (χ2n) is 24.3. The number of nitrogens with one attached hydrogen (secondary N) is 2. The number of alkyl halides is 1. The number of carbonyl (C=O) groups excluding carboxylic acids is 2. The van der Waals surface area contributed by atoms with Crippen LogP contribution < -0.4 is 22.2 Å². The number of H-pyrrole nitrogens is 1. The number of aromatic carboxylic acids is 3. The van der Waals surface area contributed by atoms with Crippen LogP contribution in [0.3, 0.4) is 0 Å². The van der Waals surface area contributed by atoms with E-state index in [0.717, 1.165) is 78.3 Å². The van der Waals surface area contributed by atoms with Gasteiger partial charge in [0.2, 0.25) is 0 Å². The van der Waals surface area contributed by atoms with Gasteiger partial charge in [-0.15, -0.1) is 0 Å². The van der Waals surface area contributed by atoms with Gasteiger partial charge in [0, 0.05) is 98.7 Å². The lowest BCUT2D eigenvalue weighted by Crippen LogP contribution is -2.41. The molecule has 7 N–H and O–H groups in total. The van der Waals surface area contributed by atoms with Crippen LogP contribution in [0.2, 0.25) is 20.1 Å². The molecule has 0 radical (unpaired) electrons. The Hall–Kier alpha value is -8.00. The summed E-state index contributed by atoms with van der Waals surface area (Å²) in [6.07, 6.45) is 7.77. The van der Waals surface area contributed by atoms with Gasteiger partial charge in [0.15, 0.2) is 5.78 Å². The molecule has 1 amide bonds. The lowest BCUT2D eigenvalue weighted by Gasteiger charge is -2.32. The second kappa shape index (κ2) is 35.7. The fourth-order valence-electron chi connectivity index (χ4n) is 10.4. The Bertz CT molecular complexity index is 4370. The van der Waals surface area contributed by atoms with Gasteiger partial charge in [-0.1, -0.05) is 80.0 Å². The predicted octanol–water partition coefficient (Wildman–Crippen LogP) is 14.9. The molecule has 0 saturated carbocycles. The van der Waals surface area contributed by atoms with Crippen LogP contribution in [0.15, 0.2) is 111 Å². The van der Waals surface area contributed by atoms with E-state index in [1.54, 1.807) is 72.9 Å². The van der Waals surface area contributed by atoms with E-state index in [1.807, 2.05) is 106 Å². The lowest BCUT2D eigenvalue weighted by atomic mass is 9.82. The summed E-state index contributed by atoms with van der Waals surface area (Å²) in [5.41, 5.74) is 21.6. The molecule has 8 aromatic rings. The van der Waals surface area contributed by atoms with E-state index in [-0.39, 0.29) is 58.8 Å². The van der Waals surface area contributed by atoms with Gasteiger partial charge in [-0.3, -0.25) is 32.8 Å². The molecule has 524 valence electrons. The molecule has 1 aliphatic heterocycles. The van der Waals surface area contributed by atoms with Gasteiger partial charge in [0.1, 0.15) is 0 Å². The molecule has 27 heteroatoms. The number of carboxylic acid groups (broad SMARTS) is 3. The number of allylic oxidation sites excluding steroid dienone is 3. The van der Waals surface area contributed by atoms with Crippen molar-refractivity contribution in [3.63, 3.8) is 0 Å². The van der Waals surface area contributed by atoms with Gasteiger partial charge >= 0.3 is 25.0 Å². The molecule has 5 heterocycles. The van der Waals surface area contributed by atoms with Gasteiger partial charge < -0.3 is 40.7 Å². The summed E-state index contributed by atoms with van der Waals surface area (Å²) >= 11 is 26.8. The van der Waals surface area contributed by atoms with Crippen LogP contribution in [-0.4, -0.2) is 111 Å². The van der Waals surface area contributed by atoms with Gasteiger partial charge in [0.05, 0.1) is 72.0 Å². The van der Waals surface area contributed by atoms with E-state index >= 15 is 0 Å². The van der Waals surface area contributed by atoms with Crippen molar-refractivity contribution in [3.8, 4) is 22.5 Å². The first kappa shape index (κ1) is 80.7. The largest absolute Gasteiger partial charge is 0.514 e. The monoisotopic (exact) mass is 1490 g/mol. The number of hydrogen-bond donors (Lipinski definition) is 6. The van der Waals surface area contributed by atoms with Crippen LogP contribution in [0.5, 0.6) is 0 Å². The van der Waals surface area contributed by atoms with Crippen molar-refractivity contribution >= 4 is 105 Å². The highest BCUT2D eigenvalue weighted by atomic mass is 79.9. The van der Waals surface area contributed by atoms with E-state index in [1.165, 1.54) is 18.2 Å². The minimum absolute atomic E-state index is 0.0619. The molecule has 0 spiro atoms. The summed E-state index contributed by atoms with van der Waals surface area (Å²) in [7, 11) is 4.27. The number of amides is 1. The number of benzene rings is 4. The van der Waals surface area contributed by atoms with Gasteiger partial charge in [-0.2, -0.15) is 15.3 Å². The maximum atomic E-state index is 12.9. The average Bonchev–Trinajstić information content (AvgIpc) is 1.65. The highest BCUT2D eigenvalue weighted by molar-refractivity contribution is 9.10. The zero-order valence-corrected chi connectivity index (χ0v) is 62.7. The Labute approximate surface area is 601 Å². The Kier molecular flexibility index (Phi) is 29.4. The highest BCUT2D eigenvalue weighted by Crippen LogP contribution is 2.37. The molecule has 1 fully saturated rings. The molecule has 0 bridgehead atoms. The van der Waals surface area contributed by atoms with Crippen molar-refractivity contribution in [2.45, 2.75) is 128 Å². The molecule has 10 rings (SSSR count). The fourth-order valence-corrected chi connectivity index (χ4v) is 11.9. The number of aromatic nitrogens is 7. The number of carbonyl (C=O) groups is 5. The number of ketones is 1. The number of carboxylic acids is 3. The van der Waals surface area contributed by atoms with Crippen LogP contribution in [0.25, 0.3) is 22.5 Å². The van der Waals surface area contributed by atoms with Crippen LogP contribution in [-0.2, 0) is 41.8 Å². The molecule has 98 heavy (non-hydrogen) atoms. The summed E-state index contributed by atoms with van der Waals surface area (Å²) in [4.78, 5) is 71.4. The fraction of sp³-hybridized carbons (Fsp3) is 0.338. The van der Waals surface area contributed by atoms with Crippen LogP contribution in [0, 0.1) is 62.3 Å². The number of nitrogens with two attached hydrogens (primary N) is 1. The Morgan fingerprint density at radius 2 is 1.08 bits per heavy atom. The van der Waals surface area contributed by atoms with Crippen LogP contribution >= 0.6 is 62.3 Å². The average molecular weight is 1490 g/mol. The number of pyridine rings is 1. The number of Topliss-reactive ketones (excluding diaryl/α,β-unsaturated/α-hetero) is 1. The smallest absolute Gasteiger partial charge is 0.478 e. The summed E-state index contributed by atoms with van der Waals surface area (Å²) < 4.78 is 33.5. The van der Waals surface area contributed by atoms with Gasteiger partial charge in [-0.25, -0.2) is 14.4 Å². The summed E-state index contributed by atoms with van der Waals surface area (Å²) in [5.74, 6) is -3.07. The molecule has 4 aromatic heterocycles. The maximum absolute atomic E-state index is 12.9. The molecule has 1 aliphatic carbocycles. The molecule has 2 aliphatic rings. The lowest BCUT2D eigenvalue weighted by molar-refractivity contribution is -0.115. The van der Waals surface area contributed by atoms with Crippen LogP contribution in [0.4, 0.5) is 4.39 Å². The molecule has 20 nitrogen and oxygen atoms in total. The quantitative estimate of drug-likeness (QED) is 0.0694. The van der Waals surface area contributed by atoms with Gasteiger partial charge in [-0.05, 0) is 209 Å². The second-order valence-corrected chi connectivity index (χ2v) is 26.9. The van der Waals surface area contributed by atoms with E-state index in [4.69, 9.17) is 78.1 Å². The topological polar surface area (TPSA) is 289 Å². The Morgan fingerprint density at radius 3 is 1.50 bits per heavy atom. The highest BCUT2D eigenvalue weighted by Gasteiger charge is 2.53. The van der Waals surface area contributed by atoms with E-state index in [9.17, 15) is 33.2 Å². The zero-order valence-electron chi connectivity index (χ0n) is 59.1. The first-order valence-corrected chi connectivity index (χ1v) is 32.6. The van der Waals surface area contributed by atoms with Crippen molar-refractivity contribution in [1.29, 1.82) is 0 Å². The first-order chi connectivity index (χ1) is 46.0. The molecule has 0 atom stereocenters. The predicted molar refractivity (Wildman–Crippen MR) is 391 cm³/mol. The van der Waals surface area contributed by atoms with Crippen molar-refractivity contribution in [3.05, 3.63) is 215 Å². The van der Waals surface area contributed by atoms with E-state index in [2.05, 4.69) is 69.2 Å². The van der Waals surface area contributed by atoms with Crippen molar-refractivity contribution in [2.75, 3.05) is 13.7 Å². The third-order valence-electron chi connectivity index (χ3n) is 16.4. The molecule has 0 unspecified atom stereocenters. The Morgan fingerprint density at radius 1 is 0.643 bits per heavy atom. The van der Waals surface area contributed by atoms with Crippen molar-refractivity contribution in [2.24, 2.45) is 26.9 Å². The standard InChI is InChI=1S/C22H24ClN3O2.C13H13ClN2O2.C11H19BN2O2.C8H6BrClO2.C8H7ClO2.C8H12N2O.CH3F/c1-12-6-13(2)19(20(27)7-12)11-24-22(28)18-9-16(23)8-17(15(18)4)21-14(3)10-25-26(21)5;1-7-6-15-16(3)12(7)10-4-9(14)5-11(8(10)2)13(17)18;1-8-7-13-14(6)9(8)12-15-10(2,3)11(4,5)16-12;1-4-6(8(11)12)2-5(10)3-7(4)9;1-5-2-3-6(9)4-7(5)8(10)11;1-5-3-6(2)10-8(11)7(5)4-9;1-2/h6,8-10H,7,11H2,1-5H3,(H,24,28);4-6H,1-3H3,(H,17,18);7H,1-6H3;2-3H,1H3,(H,11,12);2-4H,1H3,(H,10,11);3H,4,9H2,1-2H3,(H,10,11);1H3/i;;;;;;1D. The number of aromatic amines is 1. The summed E-state index contributed by atoms with van der Waals surface area (Å²) in [6, 6.07) is 16.6. The minimum Gasteiger partial charge on any atom is -0.478 e. The first-order valence-electron chi connectivity index (χ1n) is 31.0. The minimum atomic E-state index is -1.00. The zero-order chi connectivity index (χ0) is 75.0. The van der Waals surface area contributed by atoms with Gasteiger partial charge in [0.25, 0.3) is 11.5 Å².